The summed E-state index contributed by atoms with van der Waals surface area (Å²) in [4.78, 5) is 25.8. The van der Waals surface area contributed by atoms with Crippen LogP contribution in [0.5, 0.6) is 0 Å². The summed E-state index contributed by atoms with van der Waals surface area (Å²) in [5.41, 5.74) is 0.247. The Kier molecular flexibility index (Phi) is 3.63. The standard InChI is InChI=1S/C11H6ClN5O2/c12-8-2-1-5-14-10(8)17-9(11(18)16-19)6-7(15-17)3-4-13/h1-2,5-6H,3H2. The van der Waals surface area contributed by atoms with Gasteiger partial charge in [0.05, 0.1) is 23.2 Å². The molecule has 2 aromatic heterocycles. The quantitative estimate of drug-likeness (QED) is 0.796. The molecule has 0 aliphatic carbocycles. The maximum atomic E-state index is 11.4. The average molecular weight is 276 g/mol. The van der Waals surface area contributed by atoms with E-state index in [9.17, 15) is 9.70 Å². The maximum absolute atomic E-state index is 11.4. The van der Waals surface area contributed by atoms with E-state index in [4.69, 9.17) is 16.9 Å². The second-order valence-electron chi connectivity index (χ2n) is 3.47. The third kappa shape index (κ3) is 2.48. The fourth-order valence-electron chi connectivity index (χ4n) is 1.49. The van der Waals surface area contributed by atoms with Crippen LogP contribution in [0.4, 0.5) is 0 Å². The molecule has 0 aliphatic heterocycles. The lowest BCUT2D eigenvalue weighted by molar-refractivity contribution is 0.0993. The number of amides is 1. The molecular weight excluding hydrogens is 270 g/mol. The fraction of sp³-hybridized carbons (Fsp3) is 0.0909. The van der Waals surface area contributed by atoms with E-state index in [1.807, 2.05) is 6.07 Å². The Hall–Kier alpha value is -2.59. The topological polar surface area (TPSA) is 101 Å². The number of aromatic nitrogens is 3. The summed E-state index contributed by atoms with van der Waals surface area (Å²) in [6, 6.07) is 6.40. The van der Waals surface area contributed by atoms with Crippen LogP contribution in [0.3, 0.4) is 0 Å². The molecule has 0 aromatic carbocycles. The zero-order valence-electron chi connectivity index (χ0n) is 9.45. The van der Waals surface area contributed by atoms with Crippen LogP contribution < -0.4 is 0 Å². The molecule has 0 N–H and O–H groups in total. The predicted octanol–water partition coefficient (Wildman–Crippen LogP) is 1.89. The molecule has 0 atom stereocenters. The van der Waals surface area contributed by atoms with Crippen molar-refractivity contribution in [1.82, 2.24) is 14.8 Å². The monoisotopic (exact) mass is 275 g/mol. The van der Waals surface area contributed by atoms with Crippen LogP contribution in [0.2, 0.25) is 5.02 Å². The van der Waals surface area contributed by atoms with Gasteiger partial charge in [0, 0.05) is 11.4 Å². The number of nitrogens with zero attached hydrogens (tertiary/aromatic N) is 5. The highest BCUT2D eigenvalue weighted by Crippen LogP contribution is 2.19. The van der Waals surface area contributed by atoms with Gasteiger partial charge in [0.2, 0.25) is 0 Å². The number of nitroso groups, excluding NO2 is 1. The molecule has 2 rings (SSSR count). The molecule has 0 spiro atoms. The minimum absolute atomic E-state index is 0.00338. The van der Waals surface area contributed by atoms with Gasteiger partial charge in [-0.2, -0.15) is 10.4 Å². The first-order valence-corrected chi connectivity index (χ1v) is 5.49. The molecule has 2 heterocycles. The first kappa shape index (κ1) is 12.9. The van der Waals surface area contributed by atoms with E-state index in [0.717, 1.165) is 4.68 Å². The largest absolute Gasteiger partial charge is 0.335 e. The van der Waals surface area contributed by atoms with Gasteiger partial charge in [0.25, 0.3) is 0 Å². The van der Waals surface area contributed by atoms with Gasteiger partial charge in [0.1, 0.15) is 5.69 Å². The Bertz CT molecular complexity index is 689. The van der Waals surface area contributed by atoms with E-state index < -0.39 is 5.91 Å². The van der Waals surface area contributed by atoms with Crippen LogP contribution in [-0.4, -0.2) is 20.7 Å². The number of halogens is 1. The van der Waals surface area contributed by atoms with Crippen molar-refractivity contribution in [2.75, 3.05) is 0 Å². The van der Waals surface area contributed by atoms with Crippen LogP contribution >= 0.6 is 11.6 Å². The second-order valence-corrected chi connectivity index (χ2v) is 3.88. The summed E-state index contributed by atoms with van der Waals surface area (Å²) >= 11 is 5.96. The Labute approximate surface area is 112 Å². The van der Waals surface area contributed by atoms with Gasteiger partial charge in [-0.15, -0.1) is 4.91 Å². The number of hydrogen-bond acceptors (Lipinski definition) is 5. The van der Waals surface area contributed by atoms with Crippen molar-refractivity contribution in [3.8, 4) is 11.9 Å². The minimum Gasteiger partial charge on any atom is -0.261 e. The summed E-state index contributed by atoms with van der Waals surface area (Å²) in [5.74, 6) is -0.807. The van der Waals surface area contributed by atoms with Gasteiger partial charge >= 0.3 is 5.91 Å². The number of pyridine rings is 1. The number of rotatable bonds is 3. The molecule has 0 unspecified atom stereocenters. The molecule has 8 heteroatoms. The molecule has 19 heavy (non-hydrogen) atoms. The average Bonchev–Trinajstić information content (AvgIpc) is 2.82. The predicted molar refractivity (Wildman–Crippen MR) is 65.8 cm³/mol. The van der Waals surface area contributed by atoms with Gasteiger partial charge in [0.15, 0.2) is 5.82 Å². The van der Waals surface area contributed by atoms with Crippen molar-refractivity contribution in [1.29, 1.82) is 5.26 Å². The van der Waals surface area contributed by atoms with Crippen molar-refractivity contribution in [3.05, 3.63) is 45.7 Å². The SMILES string of the molecule is N#CCc1cc(C(=O)N=O)n(-c2ncccc2Cl)n1. The van der Waals surface area contributed by atoms with Crippen LogP contribution in [0.1, 0.15) is 16.2 Å². The zero-order valence-corrected chi connectivity index (χ0v) is 10.2. The number of nitriles is 1. The highest BCUT2D eigenvalue weighted by molar-refractivity contribution is 6.32. The second kappa shape index (κ2) is 5.37. The molecule has 7 nitrogen and oxygen atoms in total. The van der Waals surface area contributed by atoms with Gasteiger partial charge < -0.3 is 0 Å². The lowest BCUT2D eigenvalue weighted by atomic mass is 10.3. The third-order valence-corrected chi connectivity index (χ3v) is 2.56. The summed E-state index contributed by atoms with van der Waals surface area (Å²) in [5, 5.41) is 15.3. The molecule has 0 aliphatic rings. The first-order chi connectivity index (χ1) is 9.17. The Morgan fingerprint density at radius 1 is 1.58 bits per heavy atom. The van der Waals surface area contributed by atoms with Gasteiger partial charge in [-0.1, -0.05) is 11.6 Å². The van der Waals surface area contributed by atoms with Crippen molar-refractivity contribution in [2.45, 2.75) is 6.42 Å². The summed E-state index contributed by atoms with van der Waals surface area (Å²) in [7, 11) is 0. The Morgan fingerprint density at radius 3 is 3.00 bits per heavy atom. The van der Waals surface area contributed by atoms with Crippen LogP contribution in [0.15, 0.2) is 29.6 Å². The molecule has 0 bridgehead atoms. The van der Waals surface area contributed by atoms with Crippen LogP contribution in [-0.2, 0) is 6.42 Å². The highest BCUT2D eigenvalue weighted by atomic mass is 35.5. The van der Waals surface area contributed by atoms with Crippen molar-refractivity contribution >= 4 is 17.5 Å². The van der Waals surface area contributed by atoms with E-state index in [-0.39, 0.29) is 23.0 Å². The first-order valence-electron chi connectivity index (χ1n) is 5.12. The summed E-state index contributed by atoms with van der Waals surface area (Å²) in [6.45, 7) is 0. The summed E-state index contributed by atoms with van der Waals surface area (Å²) < 4.78 is 1.11. The molecular formula is C11H6ClN5O2. The minimum atomic E-state index is -1.00. The normalized spacial score (nSPS) is 9.89. The molecule has 0 saturated carbocycles. The van der Waals surface area contributed by atoms with Gasteiger partial charge in [-0.25, -0.2) is 9.67 Å². The number of carbonyl (C=O) groups is 1. The van der Waals surface area contributed by atoms with Crippen LogP contribution in [0, 0.1) is 16.2 Å². The van der Waals surface area contributed by atoms with Gasteiger partial charge in [-0.05, 0) is 18.2 Å². The molecule has 0 fully saturated rings. The smallest absolute Gasteiger partial charge is 0.261 e. The molecule has 94 valence electrons. The lowest BCUT2D eigenvalue weighted by Crippen LogP contribution is -2.08. The van der Waals surface area contributed by atoms with E-state index in [1.165, 1.54) is 12.3 Å². The Morgan fingerprint density at radius 2 is 2.37 bits per heavy atom. The van der Waals surface area contributed by atoms with E-state index >= 15 is 0 Å². The molecule has 1 amide bonds. The molecule has 2 aromatic rings. The fourth-order valence-corrected chi connectivity index (χ4v) is 1.69. The van der Waals surface area contributed by atoms with Crippen molar-refractivity contribution < 1.29 is 4.79 Å². The van der Waals surface area contributed by atoms with E-state index in [0.29, 0.717) is 5.69 Å². The number of carbonyl (C=O) groups excluding carboxylic acids is 1. The Balaban J connectivity index is 2.61. The van der Waals surface area contributed by atoms with E-state index in [1.54, 1.807) is 12.1 Å². The summed E-state index contributed by atoms with van der Waals surface area (Å²) in [6.07, 6.45) is 1.46. The number of hydrogen-bond donors (Lipinski definition) is 0. The molecule has 0 radical (unpaired) electrons. The maximum Gasteiger partial charge on any atom is 0.335 e. The van der Waals surface area contributed by atoms with Crippen LogP contribution in [0.25, 0.3) is 5.82 Å². The third-order valence-electron chi connectivity index (χ3n) is 2.26. The van der Waals surface area contributed by atoms with Crippen molar-refractivity contribution in [3.63, 3.8) is 0 Å². The highest BCUT2D eigenvalue weighted by Gasteiger charge is 2.19. The van der Waals surface area contributed by atoms with Gasteiger partial charge in [-0.3, -0.25) is 4.79 Å². The van der Waals surface area contributed by atoms with E-state index in [2.05, 4.69) is 15.3 Å². The lowest BCUT2D eigenvalue weighted by Gasteiger charge is -2.04. The molecule has 0 saturated heterocycles. The van der Waals surface area contributed by atoms with Crippen molar-refractivity contribution in [2.24, 2.45) is 5.18 Å². The zero-order chi connectivity index (χ0) is 13.8.